The van der Waals surface area contributed by atoms with Crippen molar-refractivity contribution in [2.45, 2.75) is 25.8 Å². The van der Waals surface area contributed by atoms with E-state index in [4.69, 9.17) is 10.5 Å². The Morgan fingerprint density at radius 1 is 1.38 bits per heavy atom. The average molecular weight is 223 g/mol. The molecule has 2 rings (SSSR count). The summed E-state index contributed by atoms with van der Waals surface area (Å²) in [4.78, 5) is 0. The summed E-state index contributed by atoms with van der Waals surface area (Å²) < 4.78 is 18.7. The first kappa shape index (κ1) is 11.6. The molecule has 0 radical (unpaired) electrons. The summed E-state index contributed by atoms with van der Waals surface area (Å²) in [5.41, 5.74) is 7.73. The number of hydrogen-bond donors (Lipinski definition) is 1. The molecule has 1 aliphatic rings. The number of rotatable bonds is 2. The Hall–Kier alpha value is -0.930. The van der Waals surface area contributed by atoms with E-state index in [1.807, 2.05) is 6.07 Å². The summed E-state index contributed by atoms with van der Waals surface area (Å²) in [5.74, 6) is 0.246. The van der Waals surface area contributed by atoms with Crippen LogP contribution in [-0.4, -0.2) is 13.2 Å². The van der Waals surface area contributed by atoms with Gasteiger partial charge in [0, 0.05) is 19.3 Å². The van der Waals surface area contributed by atoms with E-state index in [0.717, 1.165) is 31.6 Å². The maximum Gasteiger partial charge on any atom is 0.126 e. The van der Waals surface area contributed by atoms with Gasteiger partial charge in [0.2, 0.25) is 0 Å². The van der Waals surface area contributed by atoms with Crippen molar-refractivity contribution in [3.05, 3.63) is 35.1 Å². The fraction of sp³-hybridized carbons (Fsp3) is 0.538. The monoisotopic (exact) mass is 223 g/mol. The van der Waals surface area contributed by atoms with E-state index >= 15 is 0 Å². The molecule has 0 aliphatic carbocycles. The molecule has 0 spiro atoms. The predicted molar refractivity (Wildman–Crippen MR) is 61.6 cm³/mol. The maximum atomic E-state index is 13.4. The van der Waals surface area contributed by atoms with Gasteiger partial charge in [0.05, 0.1) is 0 Å². The van der Waals surface area contributed by atoms with Gasteiger partial charge in [0.25, 0.3) is 0 Å². The Bertz CT molecular complexity index is 361. The normalized spacial score (nSPS) is 19.7. The minimum atomic E-state index is -0.167. The largest absolute Gasteiger partial charge is 0.381 e. The molecule has 0 bridgehead atoms. The summed E-state index contributed by atoms with van der Waals surface area (Å²) in [6.07, 6.45) is 1.94. The Morgan fingerprint density at radius 2 is 2.06 bits per heavy atom. The van der Waals surface area contributed by atoms with Crippen LogP contribution in [0.1, 0.15) is 30.0 Å². The Balaban J connectivity index is 2.12. The van der Waals surface area contributed by atoms with Crippen molar-refractivity contribution >= 4 is 0 Å². The fourth-order valence-electron chi connectivity index (χ4n) is 2.16. The molecule has 1 heterocycles. The Morgan fingerprint density at radius 3 is 2.69 bits per heavy atom. The van der Waals surface area contributed by atoms with Gasteiger partial charge in [-0.3, -0.25) is 0 Å². The zero-order valence-electron chi connectivity index (χ0n) is 9.58. The third kappa shape index (κ3) is 2.42. The van der Waals surface area contributed by atoms with Gasteiger partial charge in [0.1, 0.15) is 5.82 Å². The fourth-order valence-corrected chi connectivity index (χ4v) is 2.16. The van der Waals surface area contributed by atoms with Crippen molar-refractivity contribution < 1.29 is 9.13 Å². The van der Waals surface area contributed by atoms with Crippen LogP contribution in [0.5, 0.6) is 0 Å². The van der Waals surface area contributed by atoms with Crippen LogP contribution in [0, 0.1) is 18.7 Å². The lowest BCUT2D eigenvalue weighted by atomic mass is 9.87. The van der Waals surface area contributed by atoms with Crippen LogP contribution in [0.3, 0.4) is 0 Å². The van der Waals surface area contributed by atoms with Crippen LogP contribution >= 0.6 is 0 Å². The van der Waals surface area contributed by atoms with Crippen molar-refractivity contribution in [3.63, 3.8) is 0 Å². The Kier molecular flexibility index (Phi) is 3.56. The third-order valence-electron chi connectivity index (χ3n) is 3.35. The molecular formula is C13H18FNO. The summed E-state index contributed by atoms with van der Waals surface area (Å²) in [5, 5.41) is 0. The summed E-state index contributed by atoms with van der Waals surface area (Å²) in [6, 6.07) is 5.22. The first-order valence-electron chi connectivity index (χ1n) is 5.78. The second-order valence-corrected chi connectivity index (χ2v) is 4.48. The number of ether oxygens (including phenoxy) is 1. The minimum absolute atomic E-state index is 0.0704. The molecule has 0 saturated carbocycles. The predicted octanol–water partition coefficient (Wildman–Crippen LogP) is 2.56. The van der Waals surface area contributed by atoms with Gasteiger partial charge in [-0.2, -0.15) is 0 Å². The van der Waals surface area contributed by atoms with Crippen molar-refractivity contribution in [2.24, 2.45) is 11.7 Å². The third-order valence-corrected chi connectivity index (χ3v) is 3.35. The van der Waals surface area contributed by atoms with Crippen LogP contribution < -0.4 is 5.73 Å². The van der Waals surface area contributed by atoms with E-state index in [2.05, 4.69) is 0 Å². The van der Waals surface area contributed by atoms with Crippen LogP contribution in [0.4, 0.5) is 4.39 Å². The molecule has 2 N–H and O–H groups in total. The number of halogens is 1. The van der Waals surface area contributed by atoms with E-state index in [9.17, 15) is 4.39 Å². The van der Waals surface area contributed by atoms with Crippen molar-refractivity contribution in [1.29, 1.82) is 0 Å². The second-order valence-electron chi connectivity index (χ2n) is 4.48. The van der Waals surface area contributed by atoms with Gasteiger partial charge in [-0.25, -0.2) is 4.39 Å². The Labute approximate surface area is 95.6 Å². The lowest BCUT2D eigenvalue weighted by molar-refractivity contribution is 0.0583. The van der Waals surface area contributed by atoms with Crippen molar-refractivity contribution in [2.75, 3.05) is 13.2 Å². The second kappa shape index (κ2) is 4.93. The molecule has 1 aromatic carbocycles. The molecule has 1 fully saturated rings. The zero-order valence-corrected chi connectivity index (χ0v) is 9.58. The lowest BCUT2D eigenvalue weighted by Gasteiger charge is -2.28. The minimum Gasteiger partial charge on any atom is -0.381 e. The molecule has 16 heavy (non-hydrogen) atoms. The number of benzene rings is 1. The highest BCUT2D eigenvalue weighted by atomic mass is 19.1. The molecule has 2 nitrogen and oxygen atoms in total. The van der Waals surface area contributed by atoms with E-state index < -0.39 is 0 Å². The molecular weight excluding hydrogens is 205 g/mol. The number of hydrogen-bond acceptors (Lipinski definition) is 2. The molecule has 1 aliphatic heterocycles. The van der Waals surface area contributed by atoms with E-state index in [0.29, 0.717) is 11.5 Å². The molecule has 3 heteroatoms. The molecule has 1 aromatic rings. The highest BCUT2D eigenvalue weighted by Crippen LogP contribution is 2.28. The first-order chi connectivity index (χ1) is 7.68. The molecule has 0 amide bonds. The quantitative estimate of drug-likeness (QED) is 0.836. The van der Waals surface area contributed by atoms with Gasteiger partial charge >= 0.3 is 0 Å². The molecule has 1 atom stereocenters. The number of aryl methyl sites for hydroxylation is 1. The van der Waals surface area contributed by atoms with Crippen LogP contribution in [0.15, 0.2) is 18.2 Å². The van der Waals surface area contributed by atoms with E-state index in [-0.39, 0.29) is 11.9 Å². The lowest BCUT2D eigenvalue weighted by Crippen LogP contribution is -2.27. The van der Waals surface area contributed by atoms with Crippen molar-refractivity contribution in [3.8, 4) is 0 Å². The molecule has 0 unspecified atom stereocenters. The van der Waals surface area contributed by atoms with Gasteiger partial charge in [-0.15, -0.1) is 0 Å². The summed E-state index contributed by atoms with van der Waals surface area (Å²) in [7, 11) is 0. The summed E-state index contributed by atoms with van der Waals surface area (Å²) >= 11 is 0. The average Bonchev–Trinajstić information content (AvgIpc) is 2.33. The van der Waals surface area contributed by atoms with Crippen LogP contribution in [0.25, 0.3) is 0 Å². The maximum absolute atomic E-state index is 13.4. The zero-order chi connectivity index (χ0) is 11.5. The standard InChI is InChI=1S/C13H18FNO/c1-9-2-3-11(8-12(9)14)13(15)10-4-6-16-7-5-10/h2-3,8,10,13H,4-7,15H2,1H3/t13-/m1/s1. The van der Waals surface area contributed by atoms with E-state index in [1.54, 1.807) is 19.1 Å². The smallest absolute Gasteiger partial charge is 0.126 e. The van der Waals surface area contributed by atoms with Gasteiger partial charge in [0.15, 0.2) is 0 Å². The topological polar surface area (TPSA) is 35.2 Å². The molecule has 1 saturated heterocycles. The van der Waals surface area contributed by atoms with Crippen molar-refractivity contribution in [1.82, 2.24) is 0 Å². The SMILES string of the molecule is Cc1ccc([C@H](N)C2CCOCC2)cc1F. The van der Waals surface area contributed by atoms with Gasteiger partial charge in [-0.1, -0.05) is 12.1 Å². The van der Waals surface area contributed by atoms with Crippen LogP contribution in [0.2, 0.25) is 0 Å². The number of nitrogens with two attached hydrogens (primary N) is 1. The van der Waals surface area contributed by atoms with Gasteiger partial charge in [-0.05, 0) is 42.9 Å². The molecule has 88 valence electrons. The highest BCUT2D eigenvalue weighted by Gasteiger charge is 2.22. The first-order valence-corrected chi connectivity index (χ1v) is 5.78. The molecule has 0 aromatic heterocycles. The summed E-state index contributed by atoms with van der Waals surface area (Å²) in [6.45, 7) is 3.30. The highest BCUT2D eigenvalue weighted by molar-refractivity contribution is 5.26. The van der Waals surface area contributed by atoms with Gasteiger partial charge < -0.3 is 10.5 Å². The van der Waals surface area contributed by atoms with Crippen LogP contribution in [-0.2, 0) is 4.74 Å². The van der Waals surface area contributed by atoms with E-state index in [1.165, 1.54) is 0 Å².